The van der Waals surface area contributed by atoms with Gasteiger partial charge < -0.3 is 41.2 Å². The lowest BCUT2D eigenvalue weighted by Crippen LogP contribution is -2.12. The number of nitrogens with two attached hydrogens (primary N) is 1. The maximum absolute atomic E-state index is 11.9. The number of rotatable bonds is 14. The number of benzene rings is 3. The first-order valence-corrected chi connectivity index (χ1v) is 34.1. The fraction of sp³-hybridized carbons (Fsp3) is 0.328. The van der Waals surface area contributed by atoms with E-state index in [2.05, 4.69) is 84.2 Å². The number of ether oxygens (including phenoxy) is 3. The number of hydrogen-bond donors (Lipinski definition) is 8. The number of aromatic nitrogens is 10. The largest absolute Gasteiger partial charge is 0.382 e. The fourth-order valence-electron chi connectivity index (χ4n) is 8.35. The molecule has 8 N–H and O–H groups in total. The third-order valence-electron chi connectivity index (χ3n) is 13.6. The first-order valence-electron chi connectivity index (χ1n) is 27.9. The van der Waals surface area contributed by atoms with Gasteiger partial charge in [0.1, 0.15) is 21.0 Å². The van der Waals surface area contributed by atoms with E-state index in [1.807, 2.05) is 92.7 Å². The van der Waals surface area contributed by atoms with Crippen LogP contribution in [0.25, 0.3) is 0 Å². The van der Waals surface area contributed by atoms with Gasteiger partial charge in [0.2, 0.25) is 53.7 Å². The number of fused-ring (bicyclic) bond motifs is 3. The molecule has 3 aliphatic carbocycles. The molecule has 25 nitrogen and oxygen atoms in total. The number of hydrogen-bond acceptors (Lipinski definition) is 23. The first kappa shape index (κ1) is 64.4. The number of H-pyrrole nitrogens is 2. The van der Waals surface area contributed by atoms with Crippen LogP contribution in [0.4, 0.5) is 34.6 Å². The molecule has 3 amide bonds. The second-order valence-electron chi connectivity index (χ2n) is 21.4. The normalized spacial score (nSPS) is 15.2. The van der Waals surface area contributed by atoms with Gasteiger partial charge in [-0.3, -0.25) is 24.6 Å². The number of nitrogen functional groups attached to an aromatic ring is 1. The summed E-state index contributed by atoms with van der Waals surface area (Å²) in [6.45, 7) is 6.13. The summed E-state index contributed by atoms with van der Waals surface area (Å²) in [5.74, 6) is 2.65. The van der Waals surface area contributed by atoms with Crippen molar-refractivity contribution in [2.24, 2.45) is 17.8 Å². The third kappa shape index (κ3) is 18.5. The SMILES string of the molecule is CS(=O)(=O)c1nc(Cl)c2c(n1)COC2.CS(=O)(=O)c1nc2c(c(Sc3ccc(NC(=O)C4CC4)cc3)n1)COC2.Cc1cc(N)n[nH]1.Cc1cc(Nc2nc3c(c(Sc4ccc(NC(=O)C5CC5)cc4)n2)COC3)n[nH]1.O=C(Nc1ccc(S)cc1)C1CC1. The van der Waals surface area contributed by atoms with Crippen LogP contribution in [0.1, 0.15) is 83.7 Å². The number of thiol groups is 1. The Balaban J connectivity index is 0.000000132. The summed E-state index contributed by atoms with van der Waals surface area (Å²) in [5, 5.41) is 26.5. The van der Waals surface area contributed by atoms with Gasteiger partial charge in [-0.1, -0.05) is 35.1 Å². The predicted octanol–water partition coefficient (Wildman–Crippen LogP) is 9.38. The minimum absolute atomic E-state index is 0.0639. The number of aromatic amines is 2. The number of nitrogens with zero attached hydrogens (tertiary/aromatic N) is 8. The van der Waals surface area contributed by atoms with E-state index in [4.69, 9.17) is 31.5 Å². The number of amides is 3. The third-order valence-corrected chi connectivity index (χ3v) is 17.9. The van der Waals surface area contributed by atoms with Gasteiger partial charge in [-0.05, 0) is 125 Å². The van der Waals surface area contributed by atoms with Crippen LogP contribution in [0.2, 0.25) is 5.15 Å². The zero-order valence-corrected chi connectivity index (χ0v) is 53.4. The van der Waals surface area contributed by atoms with E-state index < -0.39 is 19.7 Å². The maximum atomic E-state index is 11.9. The minimum atomic E-state index is -3.50. The van der Waals surface area contributed by atoms with Crippen LogP contribution in [-0.2, 0) is 87.9 Å². The summed E-state index contributed by atoms with van der Waals surface area (Å²) in [6, 6.07) is 26.4. The van der Waals surface area contributed by atoms with Crippen LogP contribution in [0.3, 0.4) is 0 Å². The molecule has 3 saturated carbocycles. The molecule has 6 aliphatic rings. The van der Waals surface area contributed by atoms with Crippen molar-refractivity contribution in [1.29, 1.82) is 0 Å². The molecule has 3 aromatic carbocycles. The van der Waals surface area contributed by atoms with Crippen molar-refractivity contribution >= 4 is 120 Å². The molecule has 8 aromatic rings. The van der Waals surface area contributed by atoms with Crippen LogP contribution in [0, 0.1) is 31.6 Å². The van der Waals surface area contributed by atoms with Crippen LogP contribution in [0.5, 0.6) is 0 Å². The molecule has 14 rings (SSSR count). The molecular formula is C58H62ClN15O10S5. The molecule has 89 heavy (non-hydrogen) atoms. The number of carbonyl (C=O) groups is 3. The van der Waals surface area contributed by atoms with Crippen molar-refractivity contribution in [3.63, 3.8) is 0 Å². The lowest BCUT2D eigenvalue weighted by atomic mass is 10.3. The topological polar surface area (TPSA) is 356 Å². The molecular weight excluding hydrogens is 1260 g/mol. The standard InChI is InChI=1S/C20H20N6O2S.C17H17N3O4S2.C10H11NOS.C7H7ClN2O3S.C4H7N3/c1-11-8-17(26-25-11)23-20-22-16-10-28-9-15(16)19(24-20)29-14-6-4-13(5-7-14)21-18(27)12-2-3-12;1-26(22,23)17-19-14-9-24-8-13(14)16(20-17)25-12-6-4-11(5-7-12)18-15(21)10-2-3-10;12-10(7-1-2-7)11-8-3-5-9(13)6-4-8;1-14(11,12)7-9-5-3-13-2-4(5)6(8)10-7;1-3-2-4(5)7-6-3/h4-8,12H,2-3,9-10H2,1H3,(H,21,27)(H2,22,23,24,25,26);4-7,10H,2-3,8-9H2,1H3,(H,18,21);3-7,13H,1-2H2,(H,11,12);2-3H2,1H3;2H,1H3,(H3,5,6,7). The summed E-state index contributed by atoms with van der Waals surface area (Å²) >= 11 is 12.9. The summed E-state index contributed by atoms with van der Waals surface area (Å²) in [7, 11) is -6.91. The molecule has 5 aromatic heterocycles. The van der Waals surface area contributed by atoms with Crippen LogP contribution < -0.4 is 27.0 Å². The summed E-state index contributed by atoms with van der Waals surface area (Å²) in [6.07, 6.45) is 8.13. The predicted molar refractivity (Wildman–Crippen MR) is 336 cm³/mol. The van der Waals surface area contributed by atoms with E-state index in [1.54, 1.807) is 17.8 Å². The molecule has 0 saturated heterocycles. The van der Waals surface area contributed by atoms with Crippen LogP contribution in [-0.4, -0.2) is 97.4 Å². The zero-order valence-electron chi connectivity index (χ0n) is 48.5. The Morgan fingerprint density at radius 2 is 0.955 bits per heavy atom. The molecule has 3 aliphatic heterocycles. The van der Waals surface area contributed by atoms with E-state index in [0.29, 0.717) is 79.2 Å². The zero-order chi connectivity index (χ0) is 63.0. The molecule has 31 heteroatoms. The van der Waals surface area contributed by atoms with Gasteiger partial charge in [0.25, 0.3) is 0 Å². The molecule has 0 unspecified atom stereocenters. The Hall–Kier alpha value is -7.55. The van der Waals surface area contributed by atoms with Gasteiger partial charge in [0, 0.05) is 102 Å². The summed E-state index contributed by atoms with van der Waals surface area (Å²) in [5.41, 5.74) is 14.2. The Morgan fingerprint density at radius 1 is 0.551 bits per heavy atom. The van der Waals surface area contributed by atoms with Crippen molar-refractivity contribution < 1.29 is 45.4 Å². The van der Waals surface area contributed by atoms with Crippen molar-refractivity contribution in [3.8, 4) is 0 Å². The van der Waals surface area contributed by atoms with Gasteiger partial charge in [-0.25, -0.2) is 46.7 Å². The van der Waals surface area contributed by atoms with E-state index in [-0.39, 0.29) is 50.9 Å². The molecule has 0 radical (unpaired) electrons. The molecule has 466 valence electrons. The quantitative estimate of drug-likeness (QED) is 0.0285. The van der Waals surface area contributed by atoms with Crippen molar-refractivity contribution in [2.75, 3.05) is 39.5 Å². The fourth-order valence-corrected chi connectivity index (χ4v) is 11.8. The number of halogens is 1. The van der Waals surface area contributed by atoms with Crippen LogP contribution in [0.15, 0.2) is 120 Å². The Morgan fingerprint density at radius 3 is 1.36 bits per heavy atom. The van der Waals surface area contributed by atoms with E-state index in [1.165, 1.54) is 11.8 Å². The van der Waals surface area contributed by atoms with Gasteiger partial charge in [0.15, 0.2) is 5.82 Å². The lowest BCUT2D eigenvalue weighted by molar-refractivity contribution is -0.118. The summed E-state index contributed by atoms with van der Waals surface area (Å²) < 4.78 is 62.0. The minimum Gasteiger partial charge on any atom is -0.382 e. The second-order valence-corrected chi connectivity index (χ2v) is 28.2. The van der Waals surface area contributed by atoms with E-state index >= 15 is 0 Å². The first-order chi connectivity index (χ1) is 42.6. The van der Waals surface area contributed by atoms with Crippen molar-refractivity contribution in [2.45, 2.75) is 127 Å². The highest BCUT2D eigenvalue weighted by Crippen LogP contribution is 2.38. The van der Waals surface area contributed by atoms with Crippen molar-refractivity contribution in [3.05, 3.63) is 135 Å². The number of nitrogens with one attached hydrogen (secondary N) is 6. The molecule has 0 spiro atoms. The van der Waals surface area contributed by atoms with Gasteiger partial charge in [-0.15, -0.1) is 12.6 Å². The lowest BCUT2D eigenvalue weighted by Gasteiger charge is -2.10. The average molecular weight is 1330 g/mol. The molecule has 0 bridgehead atoms. The number of sulfone groups is 2. The summed E-state index contributed by atoms with van der Waals surface area (Å²) in [4.78, 5) is 63.0. The average Bonchev–Trinajstić information content (AvgIpc) is 2.04. The van der Waals surface area contributed by atoms with Crippen molar-refractivity contribution in [1.82, 2.24) is 50.3 Å². The van der Waals surface area contributed by atoms with Gasteiger partial charge in [0.05, 0.1) is 56.7 Å². The molecule has 8 heterocycles. The monoisotopic (exact) mass is 1320 g/mol. The number of anilines is 6. The molecule has 0 atom stereocenters. The second kappa shape index (κ2) is 28.5. The van der Waals surface area contributed by atoms with Gasteiger partial charge >= 0.3 is 0 Å². The van der Waals surface area contributed by atoms with Gasteiger partial charge in [-0.2, -0.15) is 10.2 Å². The maximum Gasteiger partial charge on any atom is 0.248 e. The highest BCUT2D eigenvalue weighted by Gasteiger charge is 2.32. The highest BCUT2D eigenvalue weighted by atomic mass is 35.5. The molecule has 3 fully saturated rings. The number of carbonyl (C=O) groups excluding carboxylic acids is 3. The smallest absolute Gasteiger partial charge is 0.248 e. The Bertz CT molecular complexity index is 4120. The highest BCUT2D eigenvalue weighted by molar-refractivity contribution is 7.99. The van der Waals surface area contributed by atoms with Crippen LogP contribution >= 0.6 is 47.8 Å². The van der Waals surface area contributed by atoms with E-state index in [9.17, 15) is 31.2 Å². The number of aryl methyl sites for hydroxylation is 2. The van der Waals surface area contributed by atoms with E-state index in [0.717, 1.165) is 116 Å². The Kier molecular flexibility index (Phi) is 20.6. The Labute approximate surface area is 531 Å².